The van der Waals surface area contributed by atoms with E-state index in [4.69, 9.17) is 4.74 Å². The summed E-state index contributed by atoms with van der Waals surface area (Å²) in [4.78, 5) is 38.2. The SMILES string of the molecule is C/C(=C\CNC(=O)OCC1c2ccccc2-c2ccccc21)C(=O)N1CC2CC1(C(=O)O)C2. The lowest BCUT2D eigenvalue weighted by Gasteiger charge is -2.37. The van der Waals surface area contributed by atoms with Gasteiger partial charge >= 0.3 is 12.1 Å². The number of carboxylic acid groups (broad SMARTS) is 1. The number of alkyl carbamates (subject to hydrolysis) is 1. The van der Waals surface area contributed by atoms with Gasteiger partial charge in [-0.15, -0.1) is 0 Å². The number of carbonyl (C=O) groups excluding carboxylic acids is 2. The maximum absolute atomic E-state index is 12.8. The second kappa shape index (κ2) is 8.06. The number of nitrogens with zero attached hydrogens (tertiary/aromatic N) is 1. The number of aliphatic carboxylic acids is 1. The molecule has 7 nitrogen and oxygen atoms in total. The number of fused-ring (bicyclic) bond motifs is 4. The number of carboxylic acids is 1. The summed E-state index contributed by atoms with van der Waals surface area (Å²) in [5.74, 6) is -0.964. The van der Waals surface area contributed by atoms with Crippen molar-refractivity contribution in [2.24, 2.45) is 5.92 Å². The Hall–Kier alpha value is -3.61. The van der Waals surface area contributed by atoms with E-state index in [2.05, 4.69) is 29.6 Å². The van der Waals surface area contributed by atoms with Gasteiger partial charge in [-0.25, -0.2) is 9.59 Å². The summed E-state index contributed by atoms with van der Waals surface area (Å²) in [5.41, 5.74) is 3.99. The average molecular weight is 447 g/mol. The Morgan fingerprint density at radius 2 is 1.70 bits per heavy atom. The van der Waals surface area contributed by atoms with Crippen LogP contribution in [0.5, 0.6) is 0 Å². The molecule has 2 aromatic carbocycles. The van der Waals surface area contributed by atoms with Crippen LogP contribution in [0.25, 0.3) is 11.1 Å². The zero-order chi connectivity index (χ0) is 23.2. The summed E-state index contributed by atoms with van der Waals surface area (Å²) in [6.45, 7) is 2.48. The molecule has 0 radical (unpaired) electrons. The van der Waals surface area contributed by atoms with E-state index in [0.717, 1.165) is 22.3 Å². The second-order valence-corrected chi connectivity index (χ2v) is 9.12. The van der Waals surface area contributed by atoms with Crippen LogP contribution in [0, 0.1) is 5.92 Å². The number of benzene rings is 2. The van der Waals surface area contributed by atoms with E-state index in [9.17, 15) is 19.5 Å². The Morgan fingerprint density at radius 3 is 2.30 bits per heavy atom. The zero-order valence-corrected chi connectivity index (χ0v) is 18.4. The minimum Gasteiger partial charge on any atom is -0.479 e. The maximum Gasteiger partial charge on any atom is 0.407 e. The fourth-order valence-electron chi connectivity index (χ4n) is 5.48. The number of ether oxygens (including phenoxy) is 1. The third-order valence-corrected chi connectivity index (χ3v) is 7.19. The third-order valence-electron chi connectivity index (χ3n) is 7.19. The highest BCUT2D eigenvalue weighted by molar-refractivity contribution is 5.98. The molecule has 2 bridgehead atoms. The highest BCUT2D eigenvalue weighted by Crippen LogP contribution is 2.51. The molecule has 0 unspecified atom stereocenters. The summed E-state index contributed by atoms with van der Waals surface area (Å²) in [5, 5.41) is 12.2. The summed E-state index contributed by atoms with van der Waals surface area (Å²) in [6, 6.07) is 16.3. The summed E-state index contributed by atoms with van der Waals surface area (Å²) >= 11 is 0. The average Bonchev–Trinajstić information content (AvgIpc) is 3.45. The van der Waals surface area contributed by atoms with E-state index in [1.807, 2.05) is 24.3 Å². The summed E-state index contributed by atoms with van der Waals surface area (Å²) in [6.07, 6.45) is 2.10. The molecule has 1 saturated carbocycles. The standard InChI is InChI=1S/C26H26N2O5/c1-16(23(29)28-14-17-12-26(28,13-17)24(30)31)10-11-27-25(32)33-15-22-20-8-4-2-6-18(20)19-7-3-5-9-21(19)22/h2-10,17,22H,11-15H2,1H3,(H,27,32)(H,30,31)/b16-10+. The van der Waals surface area contributed by atoms with Crippen molar-refractivity contribution in [2.45, 2.75) is 31.2 Å². The first-order valence-electron chi connectivity index (χ1n) is 11.2. The van der Waals surface area contributed by atoms with E-state index in [-0.39, 0.29) is 30.9 Å². The first-order chi connectivity index (χ1) is 15.9. The molecule has 2 aromatic rings. The van der Waals surface area contributed by atoms with Crippen LogP contribution in [0.4, 0.5) is 4.79 Å². The van der Waals surface area contributed by atoms with E-state index in [1.165, 1.54) is 4.90 Å². The molecule has 7 heteroatoms. The molecule has 2 N–H and O–H groups in total. The molecule has 2 amide bonds. The Labute approximate surface area is 192 Å². The third kappa shape index (κ3) is 3.48. The van der Waals surface area contributed by atoms with Crippen LogP contribution < -0.4 is 5.32 Å². The monoisotopic (exact) mass is 446 g/mol. The fourth-order valence-corrected chi connectivity index (χ4v) is 5.48. The molecule has 2 aliphatic heterocycles. The van der Waals surface area contributed by atoms with E-state index >= 15 is 0 Å². The molecule has 33 heavy (non-hydrogen) atoms. The normalized spacial score (nSPS) is 22.9. The predicted octanol–water partition coefficient (Wildman–Crippen LogP) is 3.55. The minimum atomic E-state index is -1.04. The van der Waals surface area contributed by atoms with Gasteiger partial charge in [0.05, 0.1) is 0 Å². The van der Waals surface area contributed by atoms with Crippen LogP contribution in [0.1, 0.15) is 36.8 Å². The quantitative estimate of drug-likeness (QED) is 0.662. The number of nitrogens with one attached hydrogen (secondary N) is 1. The van der Waals surface area contributed by atoms with Gasteiger partial charge in [-0.3, -0.25) is 4.79 Å². The van der Waals surface area contributed by atoms with Crippen LogP contribution >= 0.6 is 0 Å². The van der Waals surface area contributed by atoms with Gasteiger partial charge in [0.2, 0.25) is 5.91 Å². The molecule has 3 fully saturated rings. The zero-order valence-electron chi connectivity index (χ0n) is 18.4. The van der Waals surface area contributed by atoms with Gasteiger partial charge in [-0.1, -0.05) is 54.6 Å². The topological polar surface area (TPSA) is 95.9 Å². The molecule has 0 aromatic heterocycles. The van der Waals surface area contributed by atoms with Crippen molar-refractivity contribution in [1.82, 2.24) is 10.2 Å². The summed E-state index contributed by atoms with van der Waals surface area (Å²) < 4.78 is 5.50. The molecule has 2 heterocycles. The lowest BCUT2D eigenvalue weighted by molar-refractivity contribution is -0.157. The van der Waals surface area contributed by atoms with Crippen molar-refractivity contribution in [1.29, 1.82) is 0 Å². The molecule has 0 spiro atoms. The van der Waals surface area contributed by atoms with Crippen LogP contribution in [0.2, 0.25) is 0 Å². The van der Waals surface area contributed by atoms with Crippen LogP contribution in [0.3, 0.4) is 0 Å². The first kappa shape index (κ1) is 21.2. The van der Waals surface area contributed by atoms with Crippen LogP contribution in [0.15, 0.2) is 60.2 Å². The van der Waals surface area contributed by atoms with Gasteiger partial charge in [-0.2, -0.15) is 0 Å². The molecule has 2 aliphatic carbocycles. The van der Waals surface area contributed by atoms with Crippen molar-refractivity contribution in [2.75, 3.05) is 19.7 Å². The Bertz CT molecular complexity index is 1120. The highest BCUT2D eigenvalue weighted by atomic mass is 16.5. The number of amides is 2. The van der Waals surface area contributed by atoms with E-state index < -0.39 is 17.6 Å². The van der Waals surface area contributed by atoms with Gasteiger partial charge < -0.3 is 20.1 Å². The summed E-state index contributed by atoms with van der Waals surface area (Å²) in [7, 11) is 0. The van der Waals surface area contributed by atoms with Crippen LogP contribution in [-0.4, -0.2) is 53.2 Å². The van der Waals surface area contributed by atoms with Gasteiger partial charge in [0.25, 0.3) is 0 Å². The maximum atomic E-state index is 12.8. The Morgan fingerprint density at radius 1 is 1.09 bits per heavy atom. The number of hydrogen-bond donors (Lipinski definition) is 2. The van der Waals surface area contributed by atoms with Crippen molar-refractivity contribution in [3.8, 4) is 11.1 Å². The van der Waals surface area contributed by atoms with E-state index in [0.29, 0.717) is 25.0 Å². The molecule has 170 valence electrons. The second-order valence-electron chi connectivity index (χ2n) is 9.12. The first-order valence-corrected chi connectivity index (χ1v) is 11.2. The molecular formula is C26H26N2O5. The molecular weight excluding hydrogens is 420 g/mol. The van der Waals surface area contributed by atoms with Crippen molar-refractivity contribution in [3.63, 3.8) is 0 Å². The highest BCUT2D eigenvalue weighted by Gasteiger charge is 2.62. The molecule has 0 atom stereocenters. The minimum absolute atomic E-state index is 0.0177. The largest absolute Gasteiger partial charge is 0.479 e. The lowest BCUT2D eigenvalue weighted by Crippen LogP contribution is -2.54. The molecule has 4 aliphatic rings. The van der Waals surface area contributed by atoms with Crippen molar-refractivity contribution >= 4 is 18.0 Å². The van der Waals surface area contributed by atoms with Gasteiger partial charge in [-0.05, 0) is 47.9 Å². The predicted molar refractivity (Wildman–Crippen MR) is 122 cm³/mol. The van der Waals surface area contributed by atoms with Gasteiger partial charge in [0.1, 0.15) is 12.1 Å². The molecule has 6 rings (SSSR count). The Balaban J connectivity index is 1.16. The number of hydrogen-bond acceptors (Lipinski definition) is 4. The Kier molecular flexibility index (Phi) is 5.19. The van der Waals surface area contributed by atoms with Crippen molar-refractivity contribution in [3.05, 3.63) is 71.3 Å². The van der Waals surface area contributed by atoms with Crippen molar-refractivity contribution < 1.29 is 24.2 Å². The van der Waals surface area contributed by atoms with Gasteiger partial charge in [0.15, 0.2) is 0 Å². The fraction of sp³-hybridized carbons (Fsp3) is 0.346. The van der Waals surface area contributed by atoms with Crippen LogP contribution in [-0.2, 0) is 14.3 Å². The van der Waals surface area contributed by atoms with E-state index in [1.54, 1.807) is 13.0 Å². The van der Waals surface area contributed by atoms with Gasteiger partial charge in [0, 0.05) is 24.6 Å². The number of rotatable bonds is 6. The lowest BCUT2D eigenvalue weighted by atomic mass is 9.73. The molecule has 2 saturated heterocycles. The number of carbonyl (C=O) groups is 3. The smallest absolute Gasteiger partial charge is 0.407 e.